The zero-order valence-corrected chi connectivity index (χ0v) is 15.8. The van der Waals surface area contributed by atoms with Crippen molar-refractivity contribution in [2.75, 3.05) is 6.61 Å². The fourth-order valence-corrected chi connectivity index (χ4v) is 2.34. The van der Waals surface area contributed by atoms with Crippen molar-refractivity contribution in [2.45, 2.75) is 39.0 Å². The Kier molecular flexibility index (Phi) is 6.96. The molecule has 0 aliphatic rings. The Balaban J connectivity index is 1.86. The van der Waals surface area contributed by atoms with Crippen LogP contribution in [0.15, 0.2) is 54.6 Å². The summed E-state index contributed by atoms with van der Waals surface area (Å²) >= 11 is 0. The van der Waals surface area contributed by atoms with E-state index in [1.807, 2.05) is 54.6 Å². The van der Waals surface area contributed by atoms with Gasteiger partial charge in [-0.05, 0) is 37.5 Å². The van der Waals surface area contributed by atoms with Crippen LogP contribution < -0.4 is 5.32 Å². The van der Waals surface area contributed by atoms with Crippen molar-refractivity contribution in [2.24, 2.45) is 0 Å². The molecule has 0 radical (unpaired) electrons. The number of carboxylic acids is 1. The predicted octanol–water partition coefficient (Wildman–Crippen LogP) is 3.85. The largest absolute Gasteiger partial charge is 0.480 e. The number of ether oxygens (including phenoxy) is 2. The van der Waals surface area contributed by atoms with E-state index in [1.54, 1.807) is 20.8 Å². The quantitative estimate of drug-likeness (QED) is 0.772. The van der Waals surface area contributed by atoms with Crippen LogP contribution in [0.5, 0.6) is 0 Å². The Labute approximate surface area is 159 Å². The molecule has 27 heavy (non-hydrogen) atoms. The van der Waals surface area contributed by atoms with Gasteiger partial charge in [-0.2, -0.15) is 0 Å². The van der Waals surface area contributed by atoms with Gasteiger partial charge in [-0.1, -0.05) is 54.6 Å². The van der Waals surface area contributed by atoms with Gasteiger partial charge in [0.25, 0.3) is 0 Å². The number of carboxylic acid groups (broad SMARTS) is 1. The van der Waals surface area contributed by atoms with Gasteiger partial charge in [-0.3, -0.25) is 0 Å². The second kappa shape index (κ2) is 9.19. The summed E-state index contributed by atoms with van der Waals surface area (Å²) in [4.78, 5) is 23.0. The fraction of sp³-hybridized carbons (Fsp3) is 0.333. The molecular formula is C21H25NO5. The molecule has 6 heteroatoms. The topological polar surface area (TPSA) is 84.9 Å². The first-order chi connectivity index (χ1) is 12.7. The van der Waals surface area contributed by atoms with E-state index in [-0.39, 0.29) is 13.2 Å². The van der Waals surface area contributed by atoms with E-state index in [0.717, 1.165) is 16.7 Å². The van der Waals surface area contributed by atoms with Gasteiger partial charge < -0.3 is 19.9 Å². The number of benzene rings is 2. The molecule has 0 aromatic heterocycles. The van der Waals surface area contributed by atoms with E-state index >= 15 is 0 Å². The Hall–Kier alpha value is -2.86. The average Bonchev–Trinajstić information content (AvgIpc) is 2.60. The molecule has 6 nitrogen and oxygen atoms in total. The molecule has 144 valence electrons. The number of carbonyl (C=O) groups excluding carboxylic acids is 1. The van der Waals surface area contributed by atoms with Crippen molar-refractivity contribution in [1.29, 1.82) is 0 Å². The first-order valence-corrected chi connectivity index (χ1v) is 8.69. The van der Waals surface area contributed by atoms with Crippen molar-refractivity contribution in [1.82, 2.24) is 5.32 Å². The van der Waals surface area contributed by atoms with Gasteiger partial charge in [0.15, 0.2) is 6.04 Å². The van der Waals surface area contributed by atoms with Crippen molar-refractivity contribution in [3.8, 4) is 11.1 Å². The molecule has 1 atom stereocenters. The number of rotatable bonds is 7. The highest BCUT2D eigenvalue weighted by Crippen LogP contribution is 2.19. The fourth-order valence-electron chi connectivity index (χ4n) is 2.34. The predicted molar refractivity (Wildman–Crippen MR) is 102 cm³/mol. The van der Waals surface area contributed by atoms with Gasteiger partial charge in [0, 0.05) is 0 Å². The van der Waals surface area contributed by atoms with Gasteiger partial charge in [-0.15, -0.1) is 0 Å². The summed E-state index contributed by atoms with van der Waals surface area (Å²) in [6.07, 6.45) is -0.786. The monoisotopic (exact) mass is 371 g/mol. The lowest BCUT2D eigenvalue weighted by atomic mass is 10.0. The number of hydrogen-bond acceptors (Lipinski definition) is 4. The molecule has 2 N–H and O–H groups in total. The molecule has 0 aliphatic heterocycles. The van der Waals surface area contributed by atoms with Crippen LogP contribution in [0.25, 0.3) is 11.1 Å². The lowest BCUT2D eigenvalue weighted by Crippen LogP contribution is -2.46. The highest BCUT2D eigenvalue weighted by Gasteiger charge is 2.24. The summed E-state index contributed by atoms with van der Waals surface area (Å²) in [7, 11) is 0. The highest BCUT2D eigenvalue weighted by atomic mass is 16.6. The van der Waals surface area contributed by atoms with Gasteiger partial charge in [-0.25, -0.2) is 9.59 Å². The van der Waals surface area contributed by atoms with Crippen LogP contribution in [0.1, 0.15) is 26.3 Å². The minimum Gasteiger partial charge on any atom is -0.480 e. The zero-order valence-electron chi connectivity index (χ0n) is 15.8. The van der Waals surface area contributed by atoms with Crippen LogP contribution >= 0.6 is 0 Å². The van der Waals surface area contributed by atoms with Crippen LogP contribution in [0, 0.1) is 0 Å². The summed E-state index contributed by atoms with van der Waals surface area (Å²) in [6, 6.07) is 16.7. The number of aliphatic carboxylic acids is 1. The van der Waals surface area contributed by atoms with E-state index in [2.05, 4.69) is 5.32 Å². The van der Waals surface area contributed by atoms with Crippen LogP contribution in [-0.4, -0.2) is 35.4 Å². The third-order valence-corrected chi connectivity index (χ3v) is 3.60. The van der Waals surface area contributed by atoms with Crippen LogP contribution in [0.3, 0.4) is 0 Å². The molecule has 0 heterocycles. The van der Waals surface area contributed by atoms with Crippen molar-refractivity contribution in [3.05, 3.63) is 60.2 Å². The average molecular weight is 371 g/mol. The molecule has 2 rings (SSSR count). The van der Waals surface area contributed by atoms with Gasteiger partial charge in [0.05, 0.1) is 13.2 Å². The number of nitrogens with one attached hydrogen (secondary N) is 1. The molecule has 0 spiro atoms. The first-order valence-electron chi connectivity index (χ1n) is 8.69. The Morgan fingerprint density at radius 2 is 1.59 bits per heavy atom. The van der Waals surface area contributed by atoms with Gasteiger partial charge >= 0.3 is 12.1 Å². The van der Waals surface area contributed by atoms with E-state index in [4.69, 9.17) is 9.47 Å². The van der Waals surface area contributed by atoms with E-state index in [1.165, 1.54) is 0 Å². The van der Waals surface area contributed by atoms with Crippen LogP contribution in [0.4, 0.5) is 4.79 Å². The highest BCUT2D eigenvalue weighted by molar-refractivity contribution is 5.80. The summed E-state index contributed by atoms with van der Waals surface area (Å²) in [5.41, 5.74) is 2.43. The van der Waals surface area contributed by atoms with Crippen molar-refractivity contribution < 1.29 is 24.2 Å². The normalized spacial score (nSPS) is 12.3. The second-order valence-corrected chi connectivity index (χ2v) is 7.12. The lowest BCUT2D eigenvalue weighted by molar-refractivity contribution is -0.141. The smallest absolute Gasteiger partial charge is 0.408 e. The number of hydrogen-bond donors (Lipinski definition) is 2. The van der Waals surface area contributed by atoms with Crippen LogP contribution in [0.2, 0.25) is 0 Å². The molecular weight excluding hydrogens is 346 g/mol. The molecule has 0 saturated heterocycles. The third-order valence-electron chi connectivity index (χ3n) is 3.60. The van der Waals surface area contributed by atoms with Gasteiger partial charge in [0.2, 0.25) is 0 Å². The molecule has 2 aromatic carbocycles. The summed E-state index contributed by atoms with van der Waals surface area (Å²) in [5, 5.41) is 11.5. The summed E-state index contributed by atoms with van der Waals surface area (Å²) in [6.45, 7) is 5.21. The minimum absolute atomic E-state index is 0.158. The summed E-state index contributed by atoms with van der Waals surface area (Å²) < 4.78 is 10.5. The van der Waals surface area contributed by atoms with Crippen molar-refractivity contribution in [3.63, 3.8) is 0 Å². The molecule has 0 aliphatic carbocycles. The van der Waals surface area contributed by atoms with Gasteiger partial charge in [0.1, 0.15) is 5.60 Å². The third kappa shape index (κ3) is 7.11. The molecule has 1 unspecified atom stereocenters. The summed E-state index contributed by atoms with van der Waals surface area (Å²) in [5.74, 6) is -1.18. The Morgan fingerprint density at radius 1 is 1.00 bits per heavy atom. The maximum Gasteiger partial charge on any atom is 0.408 e. The zero-order chi connectivity index (χ0) is 19.9. The minimum atomic E-state index is -1.18. The maximum atomic E-state index is 11.7. The first kappa shape index (κ1) is 20.5. The number of amides is 1. The van der Waals surface area contributed by atoms with E-state index in [0.29, 0.717) is 0 Å². The second-order valence-electron chi connectivity index (χ2n) is 7.12. The maximum absolute atomic E-state index is 11.7. The molecule has 0 fully saturated rings. The Morgan fingerprint density at radius 3 is 2.15 bits per heavy atom. The molecule has 0 bridgehead atoms. The standard InChI is InChI=1S/C21H25NO5/c1-21(2,3)27-20(25)22-18(19(23)24)14-26-13-15-9-11-17(12-10-15)16-7-5-4-6-8-16/h4-12,18H,13-14H2,1-3H3,(H,22,25)(H,23,24). The van der Waals surface area contributed by atoms with E-state index < -0.39 is 23.7 Å². The number of alkyl carbamates (subject to hydrolysis) is 1. The van der Waals surface area contributed by atoms with E-state index in [9.17, 15) is 14.7 Å². The SMILES string of the molecule is CC(C)(C)OC(=O)NC(COCc1ccc(-c2ccccc2)cc1)C(=O)O. The molecule has 2 aromatic rings. The van der Waals surface area contributed by atoms with Crippen molar-refractivity contribution >= 4 is 12.1 Å². The molecule has 0 saturated carbocycles. The lowest BCUT2D eigenvalue weighted by Gasteiger charge is -2.22. The number of carbonyl (C=O) groups is 2. The Bertz CT molecular complexity index is 750. The van der Waals surface area contributed by atoms with Crippen LogP contribution in [-0.2, 0) is 20.9 Å². The molecule has 1 amide bonds.